The topological polar surface area (TPSA) is 140 Å². The minimum Gasteiger partial charge on any atom is -0.451 e. The summed E-state index contributed by atoms with van der Waals surface area (Å²) in [6.07, 6.45) is 1.65. The minimum absolute atomic E-state index is 0.0746. The summed E-state index contributed by atoms with van der Waals surface area (Å²) in [4.78, 5) is 27.6. The summed E-state index contributed by atoms with van der Waals surface area (Å²) in [6.45, 7) is 3.51. The molecule has 2 aromatic rings. The average Bonchev–Trinajstić information content (AvgIpc) is 3.06. The van der Waals surface area contributed by atoms with Gasteiger partial charge in [-0.25, -0.2) is 23.3 Å². The van der Waals surface area contributed by atoms with Crippen molar-refractivity contribution in [2.24, 2.45) is 5.14 Å². The Morgan fingerprint density at radius 2 is 2.15 bits per heavy atom. The van der Waals surface area contributed by atoms with Crippen molar-refractivity contribution >= 4 is 44.1 Å². The molecule has 138 valence electrons. The third-order valence-corrected chi connectivity index (χ3v) is 4.60. The van der Waals surface area contributed by atoms with E-state index in [2.05, 4.69) is 22.2 Å². The molecule has 0 unspecified atom stereocenters. The number of rotatable bonds is 8. The quantitative estimate of drug-likeness (QED) is 0.449. The van der Waals surface area contributed by atoms with Crippen LogP contribution in [0.5, 0.6) is 0 Å². The van der Waals surface area contributed by atoms with Crippen molar-refractivity contribution in [3.8, 4) is 0 Å². The average molecular weight is 396 g/mol. The van der Waals surface area contributed by atoms with Crippen molar-refractivity contribution in [3.05, 3.63) is 48.0 Å². The second kappa shape index (κ2) is 8.56. The Hall–Kier alpha value is -2.76. The fraction of sp³-hybridized carbons (Fsp3) is 0.133. The van der Waals surface area contributed by atoms with Crippen molar-refractivity contribution in [3.63, 3.8) is 0 Å². The Labute approximate surface area is 153 Å². The number of nitrogens with two attached hydrogens (primary N) is 1. The number of amides is 1. The van der Waals surface area contributed by atoms with Crippen molar-refractivity contribution in [2.75, 3.05) is 23.8 Å². The molecule has 0 bridgehead atoms. The Balaban J connectivity index is 1.89. The normalized spacial score (nSPS) is 10.8. The zero-order chi connectivity index (χ0) is 19.2. The van der Waals surface area contributed by atoms with Crippen molar-refractivity contribution in [1.82, 2.24) is 4.98 Å². The zero-order valence-electron chi connectivity index (χ0n) is 13.5. The summed E-state index contributed by atoms with van der Waals surface area (Å²) < 4.78 is 27.5. The number of esters is 1. The molecular formula is C15H16N4O5S2. The number of hydrogen-bond acceptors (Lipinski definition) is 8. The van der Waals surface area contributed by atoms with Crippen LogP contribution in [0.3, 0.4) is 0 Å². The Bertz CT molecular complexity index is 924. The summed E-state index contributed by atoms with van der Waals surface area (Å²) >= 11 is 1.22. The third-order valence-electron chi connectivity index (χ3n) is 2.89. The van der Waals surface area contributed by atoms with E-state index >= 15 is 0 Å². The zero-order valence-corrected chi connectivity index (χ0v) is 15.1. The molecule has 26 heavy (non-hydrogen) atoms. The van der Waals surface area contributed by atoms with E-state index in [1.54, 1.807) is 6.08 Å². The lowest BCUT2D eigenvalue weighted by molar-refractivity contribution is -0.119. The van der Waals surface area contributed by atoms with Gasteiger partial charge in [0.05, 0.1) is 4.90 Å². The maximum atomic E-state index is 11.9. The van der Waals surface area contributed by atoms with Gasteiger partial charge in [-0.1, -0.05) is 12.1 Å². The van der Waals surface area contributed by atoms with Crippen molar-refractivity contribution in [2.45, 2.75) is 4.90 Å². The van der Waals surface area contributed by atoms with Crippen LogP contribution in [0, 0.1) is 0 Å². The highest BCUT2D eigenvalue weighted by Crippen LogP contribution is 2.16. The van der Waals surface area contributed by atoms with Gasteiger partial charge in [0.15, 0.2) is 17.4 Å². The molecule has 0 atom stereocenters. The lowest BCUT2D eigenvalue weighted by Gasteiger charge is -2.07. The largest absolute Gasteiger partial charge is 0.451 e. The van der Waals surface area contributed by atoms with E-state index in [1.165, 1.54) is 41.0 Å². The van der Waals surface area contributed by atoms with Gasteiger partial charge in [-0.3, -0.25) is 4.79 Å². The monoisotopic (exact) mass is 396 g/mol. The van der Waals surface area contributed by atoms with Crippen LogP contribution in [0.25, 0.3) is 0 Å². The SMILES string of the molecule is C=CCNc1nc(C(=O)OCC(=O)Nc2cccc(S(N)(=O)=O)c2)cs1. The van der Waals surface area contributed by atoms with Gasteiger partial charge in [0, 0.05) is 17.6 Å². The summed E-state index contributed by atoms with van der Waals surface area (Å²) in [6, 6.07) is 5.40. The highest BCUT2D eigenvalue weighted by atomic mass is 32.2. The van der Waals surface area contributed by atoms with Crippen LogP contribution in [0.15, 0.2) is 47.2 Å². The second-order valence-corrected chi connectivity index (χ2v) is 7.32. The third kappa shape index (κ3) is 5.65. The molecule has 1 amide bonds. The molecule has 0 radical (unpaired) electrons. The standard InChI is InChI=1S/C15H16N4O5S2/c1-2-6-17-15-19-12(9-25-15)14(21)24-8-13(20)18-10-4-3-5-11(7-10)26(16,22)23/h2-5,7,9H,1,6,8H2,(H,17,19)(H,18,20)(H2,16,22,23). The van der Waals surface area contributed by atoms with Gasteiger partial charge >= 0.3 is 5.97 Å². The highest BCUT2D eigenvalue weighted by molar-refractivity contribution is 7.89. The van der Waals surface area contributed by atoms with E-state index in [0.29, 0.717) is 11.7 Å². The van der Waals surface area contributed by atoms with Gasteiger partial charge < -0.3 is 15.4 Å². The van der Waals surface area contributed by atoms with Crippen LogP contribution in [0.4, 0.5) is 10.8 Å². The van der Waals surface area contributed by atoms with E-state index in [0.717, 1.165) is 0 Å². The van der Waals surface area contributed by atoms with Crippen LogP contribution >= 0.6 is 11.3 Å². The molecule has 11 heteroatoms. The Morgan fingerprint density at radius 3 is 2.85 bits per heavy atom. The van der Waals surface area contributed by atoms with Crippen LogP contribution in [-0.2, 0) is 19.6 Å². The smallest absolute Gasteiger partial charge is 0.358 e. The van der Waals surface area contributed by atoms with E-state index in [-0.39, 0.29) is 16.3 Å². The van der Waals surface area contributed by atoms with Gasteiger partial charge in [0.2, 0.25) is 10.0 Å². The molecule has 1 aromatic heterocycles. The number of nitrogens with zero attached hydrogens (tertiary/aromatic N) is 1. The van der Waals surface area contributed by atoms with Crippen LogP contribution in [0.2, 0.25) is 0 Å². The van der Waals surface area contributed by atoms with E-state index in [9.17, 15) is 18.0 Å². The summed E-state index contributed by atoms with van der Waals surface area (Å²) in [5.74, 6) is -1.38. The molecule has 1 heterocycles. The lowest BCUT2D eigenvalue weighted by Crippen LogP contribution is -2.21. The second-order valence-electron chi connectivity index (χ2n) is 4.90. The minimum atomic E-state index is -3.88. The number of primary sulfonamides is 1. The summed E-state index contributed by atoms with van der Waals surface area (Å²) in [7, 11) is -3.88. The van der Waals surface area contributed by atoms with Crippen molar-refractivity contribution in [1.29, 1.82) is 0 Å². The van der Waals surface area contributed by atoms with E-state index in [4.69, 9.17) is 9.88 Å². The van der Waals surface area contributed by atoms with Gasteiger partial charge in [-0.05, 0) is 18.2 Å². The molecule has 0 aliphatic rings. The summed E-state index contributed by atoms with van der Waals surface area (Å²) in [5.41, 5.74) is 0.285. The maximum Gasteiger partial charge on any atom is 0.358 e. The molecular weight excluding hydrogens is 380 g/mol. The molecule has 0 saturated heterocycles. The lowest BCUT2D eigenvalue weighted by atomic mass is 10.3. The first-order valence-electron chi connectivity index (χ1n) is 7.19. The highest BCUT2D eigenvalue weighted by Gasteiger charge is 2.15. The van der Waals surface area contributed by atoms with Crippen LogP contribution < -0.4 is 15.8 Å². The molecule has 1 aromatic carbocycles. The van der Waals surface area contributed by atoms with Crippen LogP contribution in [-0.4, -0.2) is 38.4 Å². The fourth-order valence-corrected chi connectivity index (χ4v) is 3.01. The maximum absolute atomic E-state index is 11.9. The van der Waals surface area contributed by atoms with Gasteiger partial charge in [-0.15, -0.1) is 17.9 Å². The number of hydrogen-bond donors (Lipinski definition) is 3. The number of ether oxygens (including phenoxy) is 1. The molecule has 0 aliphatic carbocycles. The Morgan fingerprint density at radius 1 is 1.38 bits per heavy atom. The predicted octanol–water partition coefficient (Wildman–Crippen LogP) is 1.18. The molecule has 0 fully saturated rings. The number of carbonyl (C=O) groups is 2. The number of carbonyl (C=O) groups excluding carboxylic acids is 2. The first-order valence-corrected chi connectivity index (χ1v) is 9.62. The van der Waals surface area contributed by atoms with E-state index in [1.807, 2.05) is 0 Å². The number of sulfonamides is 1. The number of thiazole rings is 1. The van der Waals surface area contributed by atoms with Gasteiger partial charge in [-0.2, -0.15) is 0 Å². The Kier molecular flexibility index (Phi) is 6.44. The van der Waals surface area contributed by atoms with Crippen molar-refractivity contribution < 1.29 is 22.7 Å². The van der Waals surface area contributed by atoms with Crippen LogP contribution in [0.1, 0.15) is 10.5 Å². The van der Waals surface area contributed by atoms with E-state index < -0.39 is 28.5 Å². The molecule has 0 aliphatic heterocycles. The molecule has 2 rings (SSSR count). The van der Waals surface area contributed by atoms with Gasteiger partial charge in [0.1, 0.15) is 0 Å². The number of anilines is 2. The molecule has 9 nitrogen and oxygen atoms in total. The fourth-order valence-electron chi connectivity index (χ4n) is 1.76. The molecule has 0 saturated carbocycles. The number of aromatic nitrogens is 1. The summed E-state index contributed by atoms with van der Waals surface area (Å²) in [5, 5.41) is 12.4. The predicted molar refractivity (Wildman–Crippen MR) is 97.5 cm³/mol. The number of benzene rings is 1. The first-order chi connectivity index (χ1) is 12.3. The number of nitrogens with one attached hydrogen (secondary N) is 2. The first kappa shape index (κ1) is 19.6. The molecule has 0 spiro atoms. The van der Waals surface area contributed by atoms with Gasteiger partial charge in [0.25, 0.3) is 5.91 Å². The molecule has 4 N–H and O–H groups in total.